The molecule has 0 aromatic rings. The molecule has 0 amide bonds. The second-order valence-corrected chi connectivity index (χ2v) is 3.15. The monoisotopic (exact) mass is 206 g/mol. The summed E-state index contributed by atoms with van der Waals surface area (Å²) in [6.07, 6.45) is 11.5. The van der Waals surface area contributed by atoms with Crippen molar-refractivity contribution in [2.24, 2.45) is 0 Å². The lowest BCUT2D eigenvalue weighted by atomic mass is 10.0. The lowest BCUT2D eigenvalue weighted by Crippen LogP contribution is -1.87. The summed E-state index contributed by atoms with van der Waals surface area (Å²) in [6, 6.07) is 0. The fourth-order valence-corrected chi connectivity index (χ4v) is 1.13. The van der Waals surface area contributed by atoms with E-state index in [-0.39, 0.29) is 5.83 Å². The van der Waals surface area contributed by atoms with Crippen LogP contribution in [0, 0.1) is 0 Å². The van der Waals surface area contributed by atoms with E-state index in [0.29, 0.717) is 12.0 Å². The molecule has 0 saturated carbocycles. The van der Waals surface area contributed by atoms with Crippen LogP contribution in [0.3, 0.4) is 0 Å². The molecule has 0 atom stereocenters. The van der Waals surface area contributed by atoms with Gasteiger partial charge in [0.1, 0.15) is 5.83 Å². The van der Waals surface area contributed by atoms with Crippen molar-refractivity contribution in [2.45, 2.75) is 27.2 Å². The van der Waals surface area contributed by atoms with E-state index in [1.807, 2.05) is 38.2 Å². The molecule has 0 spiro atoms. The van der Waals surface area contributed by atoms with Crippen LogP contribution in [-0.2, 0) is 0 Å². The van der Waals surface area contributed by atoms with Crippen molar-refractivity contribution in [3.63, 3.8) is 0 Å². The summed E-state index contributed by atoms with van der Waals surface area (Å²) in [5.41, 5.74) is 1.57. The zero-order valence-corrected chi connectivity index (χ0v) is 9.76. The van der Waals surface area contributed by atoms with Crippen LogP contribution in [0.15, 0.2) is 60.0 Å². The van der Waals surface area contributed by atoms with E-state index in [4.69, 9.17) is 0 Å². The molecule has 0 saturated heterocycles. The van der Waals surface area contributed by atoms with Gasteiger partial charge in [0.05, 0.1) is 0 Å². The predicted molar refractivity (Wildman–Crippen MR) is 66.3 cm³/mol. The molecule has 0 aliphatic heterocycles. The Morgan fingerprint density at radius 3 is 2.47 bits per heavy atom. The molecule has 1 heteroatoms. The normalized spacial score (nSPS) is 14.8. The first kappa shape index (κ1) is 13.6. The summed E-state index contributed by atoms with van der Waals surface area (Å²) in [5.74, 6) is -0.185. The molecule has 0 aliphatic carbocycles. The molecular weight excluding hydrogens is 187 g/mol. The summed E-state index contributed by atoms with van der Waals surface area (Å²) in [5, 5.41) is 0. The average Bonchev–Trinajstić information content (AvgIpc) is 2.26. The minimum atomic E-state index is -0.185. The quantitative estimate of drug-likeness (QED) is 0.444. The molecular formula is C14H19F. The Kier molecular flexibility index (Phi) is 7.25. The molecule has 0 fully saturated rings. The zero-order chi connectivity index (χ0) is 11.7. The SMILES string of the molecule is C=CC/C=C(C(/C)=C/C=C/C)\C(F)=C/C. The summed E-state index contributed by atoms with van der Waals surface area (Å²) in [7, 11) is 0. The molecule has 0 bridgehead atoms. The highest BCUT2D eigenvalue weighted by molar-refractivity contribution is 5.43. The van der Waals surface area contributed by atoms with Crippen molar-refractivity contribution in [2.75, 3.05) is 0 Å². The van der Waals surface area contributed by atoms with Gasteiger partial charge in [-0.25, -0.2) is 4.39 Å². The third-order valence-electron chi connectivity index (χ3n) is 1.96. The van der Waals surface area contributed by atoms with E-state index in [9.17, 15) is 4.39 Å². The first-order valence-corrected chi connectivity index (χ1v) is 5.10. The molecule has 15 heavy (non-hydrogen) atoms. The van der Waals surface area contributed by atoms with Gasteiger partial charge in [-0.1, -0.05) is 36.5 Å². The number of hydrogen-bond acceptors (Lipinski definition) is 0. The van der Waals surface area contributed by atoms with Gasteiger partial charge in [0.25, 0.3) is 0 Å². The molecule has 0 aliphatic rings. The van der Waals surface area contributed by atoms with E-state index < -0.39 is 0 Å². The maximum atomic E-state index is 13.5. The summed E-state index contributed by atoms with van der Waals surface area (Å²) >= 11 is 0. The Balaban J connectivity index is 5.02. The molecule has 0 aromatic carbocycles. The van der Waals surface area contributed by atoms with Crippen LogP contribution < -0.4 is 0 Å². The van der Waals surface area contributed by atoms with E-state index in [0.717, 1.165) is 5.57 Å². The van der Waals surface area contributed by atoms with E-state index in [2.05, 4.69) is 6.58 Å². The Bertz CT molecular complexity index is 314. The number of hydrogen-bond donors (Lipinski definition) is 0. The largest absolute Gasteiger partial charge is 0.207 e. The second-order valence-electron chi connectivity index (χ2n) is 3.15. The summed E-state index contributed by atoms with van der Waals surface area (Å²) < 4.78 is 13.5. The topological polar surface area (TPSA) is 0 Å². The average molecular weight is 206 g/mol. The lowest BCUT2D eigenvalue weighted by Gasteiger charge is -2.04. The van der Waals surface area contributed by atoms with Crippen molar-refractivity contribution in [3.05, 3.63) is 60.0 Å². The molecule has 0 unspecified atom stereocenters. The molecule has 0 rings (SSSR count). The summed E-state index contributed by atoms with van der Waals surface area (Å²) in [4.78, 5) is 0. The van der Waals surface area contributed by atoms with Gasteiger partial charge in [-0.05, 0) is 32.8 Å². The maximum absolute atomic E-state index is 13.5. The summed E-state index contributed by atoms with van der Waals surface area (Å²) in [6.45, 7) is 9.15. The van der Waals surface area contributed by atoms with Gasteiger partial charge in [0.2, 0.25) is 0 Å². The van der Waals surface area contributed by atoms with Gasteiger partial charge in [-0.15, -0.1) is 6.58 Å². The van der Waals surface area contributed by atoms with E-state index >= 15 is 0 Å². The molecule has 0 N–H and O–H groups in total. The number of rotatable bonds is 5. The molecule has 0 radical (unpaired) electrons. The van der Waals surface area contributed by atoms with Crippen LogP contribution in [0.25, 0.3) is 0 Å². The first-order chi connectivity index (χ1) is 7.17. The van der Waals surface area contributed by atoms with Crippen molar-refractivity contribution >= 4 is 0 Å². The van der Waals surface area contributed by atoms with Crippen molar-refractivity contribution < 1.29 is 4.39 Å². The predicted octanol–water partition coefficient (Wildman–Crippen LogP) is 4.88. The van der Waals surface area contributed by atoms with Gasteiger partial charge in [-0.2, -0.15) is 0 Å². The zero-order valence-electron chi connectivity index (χ0n) is 9.76. The third-order valence-corrected chi connectivity index (χ3v) is 1.96. The van der Waals surface area contributed by atoms with Crippen LogP contribution in [0.1, 0.15) is 27.2 Å². The van der Waals surface area contributed by atoms with Crippen LogP contribution in [0.2, 0.25) is 0 Å². The van der Waals surface area contributed by atoms with E-state index in [1.165, 1.54) is 6.08 Å². The molecule has 82 valence electrons. The van der Waals surface area contributed by atoms with Gasteiger partial charge >= 0.3 is 0 Å². The highest BCUT2D eigenvalue weighted by Crippen LogP contribution is 2.21. The molecule has 0 nitrogen and oxygen atoms in total. The van der Waals surface area contributed by atoms with Crippen LogP contribution in [0.5, 0.6) is 0 Å². The van der Waals surface area contributed by atoms with Gasteiger partial charge in [0.15, 0.2) is 0 Å². The molecule has 0 heterocycles. The Morgan fingerprint density at radius 2 is 2.00 bits per heavy atom. The lowest BCUT2D eigenvalue weighted by molar-refractivity contribution is 0.651. The first-order valence-electron chi connectivity index (χ1n) is 5.10. The van der Waals surface area contributed by atoms with Crippen LogP contribution in [0.4, 0.5) is 4.39 Å². The minimum absolute atomic E-state index is 0.185. The highest BCUT2D eigenvalue weighted by Gasteiger charge is 2.03. The Labute approximate surface area is 92.2 Å². The Hall–Kier alpha value is -1.37. The Morgan fingerprint density at radius 1 is 1.33 bits per heavy atom. The van der Waals surface area contributed by atoms with Crippen molar-refractivity contribution in [3.8, 4) is 0 Å². The minimum Gasteiger partial charge on any atom is -0.207 e. The fourth-order valence-electron chi connectivity index (χ4n) is 1.13. The van der Waals surface area contributed by atoms with Crippen molar-refractivity contribution in [1.82, 2.24) is 0 Å². The smallest absolute Gasteiger partial charge is 0.126 e. The second kappa shape index (κ2) is 7.98. The van der Waals surface area contributed by atoms with E-state index in [1.54, 1.807) is 13.0 Å². The maximum Gasteiger partial charge on any atom is 0.126 e. The van der Waals surface area contributed by atoms with Gasteiger partial charge in [0, 0.05) is 5.57 Å². The molecule has 0 aromatic heterocycles. The fraction of sp³-hybridized carbons (Fsp3) is 0.286. The van der Waals surface area contributed by atoms with Gasteiger partial charge < -0.3 is 0 Å². The van der Waals surface area contributed by atoms with Crippen LogP contribution in [-0.4, -0.2) is 0 Å². The highest BCUT2D eigenvalue weighted by atomic mass is 19.1. The van der Waals surface area contributed by atoms with Crippen molar-refractivity contribution in [1.29, 1.82) is 0 Å². The number of halogens is 1. The number of allylic oxidation sites excluding steroid dienone is 9. The van der Waals surface area contributed by atoms with Crippen LogP contribution >= 0.6 is 0 Å². The standard InChI is InChI=1S/C14H19F/c1-5-8-10-12(4)13(11-9-6-2)14(15)7-3/h5-8,10-11H,2,9H2,1,3-4H3/b8-5+,12-10+,13-11-,14-7+. The third kappa shape index (κ3) is 5.16. The van der Waals surface area contributed by atoms with Gasteiger partial charge in [-0.3, -0.25) is 0 Å².